The normalized spacial score (nSPS) is 14.3. The van der Waals surface area contributed by atoms with Gasteiger partial charge in [-0.25, -0.2) is 0 Å². The molecule has 0 fully saturated rings. The predicted molar refractivity (Wildman–Crippen MR) is 267 cm³/mol. The van der Waals surface area contributed by atoms with Gasteiger partial charge in [0.25, 0.3) is 0 Å². The van der Waals surface area contributed by atoms with Crippen LogP contribution in [-0.4, -0.2) is 141 Å². The number of hydrogen-bond acceptors (Lipinski definition) is 15. The third-order valence-electron chi connectivity index (χ3n) is 9.80. The molecule has 0 aromatic carbocycles. The maximum atomic E-state index is 14.3. The van der Waals surface area contributed by atoms with Crippen LogP contribution in [0.1, 0.15) is 97.8 Å². The van der Waals surface area contributed by atoms with Gasteiger partial charge in [0.15, 0.2) is 5.96 Å². The average Bonchev–Trinajstić information content (AvgIpc) is 3.26. The lowest BCUT2D eigenvalue weighted by Gasteiger charge is -2.27. The van der Waals surface area contributed by atoms with E-state index < -0.39 is 71.7 Å². The Balaban J connectivity index is 6.81. The molecular weight excluding hydrogens is 881 g/mol. The first kappa shape index (κ1) is 61.1. The van der Waals surface area contributed by atoms with Crippen LogP contribution in [0, 0.1) is 0 Å². The molecule has 0 aliphatic rings. The molecule has 386 valence electrons. The second-order valence-corrected chi connectivity index (χ2v) is 16.2. The van der Waals surface area contributed by atoms with E-state index in [0.717, 1.165) is 0 Å². The zero-order valence-electron chi connectivity index (χ0n) is 40.5. The molecule has 0 spiro atoms. The van der Waals surface area contributed by atoms with Crippen molar-refractivity contribution >= 4 is 58.9 Å². The summed E-state index contributed by atoms with van der Waals surface area (Å²) in [7, 11) is 1.43. The van der Waals surface area contributed by atoms with Crippen molar-refractivity contribution in [2.45, 2.75) is 134 Å². The van der Waals surface area contributed by atoms with Gasteiger partial charge in [-0.15, -0.1) is 0 Å². The molecular formula is C42H82N20O6. The third-order valence-corrected chi connectivity index (χ3v) is 9.80. The summed E-state index contributed by atoms with van der Waals surface area (Å²) >= 11 is 0. The van der Waals surface area contributed by atoms with E-state index in [4.69, 9.17) is 45.9 Å². The van der Waals surface area contributed by atoms with E-state index in [9.17, 15) is 28.8 Å². The molecule has 26 heteroatoms. The zero-order chi connectivity index (χ0) is 51.6. The summed E-state index contributed by atoms with van der Waals surface area (Å²) < 4.78 is 0. The molecule has 0 aliphatic heterocycles. The Kier molecular flexibility index (Phi) is 31.8. The molecule has 6 atom stereocenters. The number of nitrogens with zero attached hydrogens (tertiary/aromatic N) is 4. The highest BCUT2D eigenvalue weighted by atomic mass is 16.2. The Morgan fingerprint density at radius 1 is 0.426 bits per heavy atom. The van der Waals surface area contributed by atoms with Gasteiger partial charge in [-0.2, -0.15) is 0 Å². The van der Waals surface area contributed by atoms with Gasteiger partial charge >= 0.3 is 0 Å². The lowest BCUT2D eigenvalue weighted by Crippen LogP contribution is -2.59. The number of hydrogen-bond donors (Lipinski definition) is 16. The first-order valence-corrected chi connectivity index (χ1v) is 22.8. The Morgan fingerprint density at radius 2 is 0.706 bits per heavy atom. The van der Waals surface area contributed by atoms with Gasteiger partial charge in [-0.05, 0) is 97.8 Å². The maximum Gasteiger partial charge on any atom is 0.243 e. The molecule has 0 radical (unpaired) electrons. The fourth-order valence-electron chi connectivity index (χ4n) is 6.30. The van der Waals surface area contributed by atoms with Crippen LogP contribution in [0.3, 0.4) is 0 Å². The van der Waals surface area contributed by atoms with Crippen molar-refractivity contribution in [3.05, 3.63) is 24.8 Å². The highest BCUT2D eigenvalue weighted by Gasteiger charge is 2.32. The summed E-state index contributed by atoms with van der Waals surface area (Å²) in [6.45, 7) is 13.7. The van der Waals surface area contributed by atoms with Gasteiger partial charge < -0.3 is 88.4 Å². The lowest BCUT2D eigenvalue weighted by molar-refractivity contribution is -0.135. The van der Waals surface area contributed by atoms with E-state index >= 15 is 0 Å². The van der Waals surface area contributed by atoms with Crippen LogP contribution in [0.2, 0.25) is 0 Å². The van der Waals surface area contributed by atoms with Crippen molar-refractivity contribution in [3.8, 4) is 0 Å². The smallest absolute Gasteiger partial charge is 0.243 e. The van der Waals surface area contributed by atoms with Crippen molar-refractivity contribution in [2.75, 3.05) is 46.3 Å². The van der Waals surface area contributed by atoms with E-state index in [0.29, 0.717) is 56.3 Å². The van der Waals surface area contributed by atoms with E-state index in [1.54, 1.807) is 20.8 Å². The lowest BCUT2D eigenvalue weighted by atomic mass is 10.0. The number of amidine groups is 3. The average molecular weight is 963 g/mol. The number of amides is 6. The Hall–Kier alpha value is -6.86. The number of nitrogens with one attached hydrogen (secondary N) is 8. The molecule has 0 rings (SSSR count). The summed E-state index contributed by atoms with van der Waals surface area (Å²) in [5.41, 5.74) is 45.5. The number of guanidine groups is 1. The fourth-order valence-corrected chi connectivity index (χ4v) is 6.30. The molecule has 0 unspecified atom stereocenters. The Bertz CT molecular complexity index is 1740. The van der Waals surface area contributed by atoms with Crippen LogP contribution in [0.15, 0.2) is 44.8 Å². The van der Waals surface area contributed by atoms with Gasteiger partial charge in [0.2, 0.25) is 35.4 Å². The number of rotatable bonds is 37. The van der Waals surface area contributed by atoms with Crippen LogP contribution in [0.4, 0.5) is 0 Å². The summed E-state index contributed by atoms with van der Waals surface area (Å²) in [4.78, 5) is 99.1. The second kappa shape index (κ2) is 35.3. The van der Waals surface area contributed by atoms with Crippen molar-refractivity contribution in [3.63, 3.8) is 0 Å². The molecule has 0 heterocycles. The monoisotopic (exact) mass is 963 g/mol. The molecule has 68 heavy (non-hydrogen) atoms. The molecule has 0 aliphatic carbocycles. The summed E-state index contributed by atoms with van der Waals surface area (Å²) in [6, 6.07) is -6.84. The van der Waals surface area contributed by atoms with Crippen LogP contribution in [-0.2, 0) is 28.8 Å². The standard InChI is InChI=1S/C42H82N20O6/c1-25(43)52-19-7-13-30(48)36(63)58-32(18-12-24-57-42(49)50)38(65)60-34(16-10-22-55-28(4)46)40(67)62-35(17-11-23-56-29(5)47)41(68)61-33(15-9-21-54-27(3)45)39(66)59-31(37(64)51-6)14-8-20-53-26(2)44/h30-35,53,56H,2,5,7-24,44,47-48H2,1,3-4,6H3,(H2,43,52)(H2,45,54)(H2,46,55)(H,51,64)(H,58,63)(H,59,66)(H,60,65)(H,61,68)(H,62,67)(H4,49,50,57)/t30-,31-,32-,33-,34-,35-/m0/s1. The van der Waals surface area contributed by atoms with Crippen molar-refractivity contribution in [1.82, 2.24) is 42.5 Å². The Labute approximate surface area is 400 Å². The number of likely N-dealkylation sites (N-methyl/N-ethyl adjacent to an activating group) is 1. The van der Waals surface area contributed by atoms with Gasteiger partial charge in [-0.3, -0.25) is 48.7 Å². The summed E-state index contributed by atoms with van der Waals surface area (Å²) in [5, 5.41) is 22.0. The number of nitrogens with two attached hydrogens (primary N) is 8. The minimum atomic E-state index is -1.26. The Morgan fingerprint density at radius 3 is 1.00 bits per heavy atom. The van der Waals surface area contributed by atoms with Gasteiger partial charge in [0, 0.05) is 46.3 Å². The molecule has 0 aromatic heterocycles. The molecule has 0 saturated carbocycles. The van der Waals surface area contributed by atoms with Gasteiger partial charge in [0.05, 0.1) is 35.2 Å². The van der Waals surface area contributed by atoms with E-state index in [-0.39, 0.29) is 95.1 Å². The van der Waals surface area contributed by atoms with E-state index in [2.05, 4.69) is 75.7 Å². The fraction of sp³-hybridized carbons (Fsp3) is 0.667. The van der Waals surface area contributed by atoms with Gasteiger partial charge in [-0.1, -0.05) is 13.2 Å². The molecule has 0 aromatic rings. The molecule has 6 amide bonds. The third kappa shape index (κ3) is 30.4. The topological polar surface area (TPSA) is 456 Å². The molecule has 0 bridgehead atoms. The van der Waals surface area contributed by atoms with Crippen LogP contribution in [0.5, 0.6) is 0 Å². The highest BCUT2D eigenvalue weighted by molar-refractivity contribution is 5.96. The summed E-state index contributed by atoms with van der Waals surface area (Å²) in [6.07, 6.45) is 2.74. The van der Waals surface area contributed by atoms with Crippen LogP contribution < -0.4 is 88.4 Å². The maximum absolute atomic E-state index is 14.3. The zero-order valence-corrected chi connectivity index (χ0v) is 40.5. The van der Waals surface area contributed by atoms with Crippen molar-refractivity contribution in [1.29, 1.82) is 0 Å². The quantitative estimate of drug-likeness (QED) is 0.0159. The van der Waals surface area contributed by atoms with Crippen molar-refractivity contribution < 1.29 is 28.8 Å². The first-order valence-electron chi connectivity index (χ1n) is 22.8. The largest absolute Gasteiger partial charge is 0.388 e. The number of carbonyl (C=O) groups is 6. The minimum Gasteiger partial charge on any atom is -0.388 e. The SMILES string of the molecule is C=C(N)NCCC[C@H](NC(=O)[C@H](CCCN=C(C)N)NC(=O)[C@H](CCCNC(=C)N)NC(=O)[C@H](CCCN=C(C)N)NC(=O)[C@H](CCCN=C(N)N)NC(=O)[C@@H](N)CCCN=C(C)N)C(=O)NC. The first-order chi connectivity index (χ1) is 32.1. The number of carbonyl (C=O) groups excluding carboxylic acids is 6. The molecule has 26 nitrogen and oxygen atoms in total. The summed E-state index contributed by atoms with van der Waals surface area (Å²) in [5.74, 6) is -2.61. The van der Waals surface area contributed by atoms with Crippen molar-refractivity contribution in [2.24, 2.45) is 65.8 Å². The second-order valence-electron chi connectivity index (χ2n) is 16.2. The van der Waals surface area contributed by atoms with Gasteiger partial charge in [0.1, 0.15) is 30.2 Å². The molecule has 0 saturated heterocycles. The number of aliphatic imine (C=N–C) groups is 4. The highest BCUT2D eigenvalue weighted by Crippen LogP contribution is 2.09. The van der Waals surface area contributed by atoms with E-state index in [1.165, 1.54) is 7.05 Å². The minimum absolute atomic E-state index is 0.0361. The molecule has 24 N–H and O–H groups in total. The van der Waals surface area contributed by atoms with E-state index in [1.807, 2.05) is 0 Å². The van der Waals surface area contributed by atoms with Crippen LogP contribution in [0.25, 0.3) is 0 Å². The van der Waals surface area contributed by atoms with Crippen LogP contribution >= 0.6 is 0 Å². The predicted octanol–water partition coefficient (Wildman–Crippen LogP) is -4.39.